The van der Waals surface area contributed by atoms with E-state index >= 15 is 0 Å². The summed E-state index contributed by atoms with van der Waals surface area (Å²) in [5.41, 5.74) is 8.29. The van der Waals surface area contributed by atoms with Gasteiger partial charge in [0.2, 0.25) is 0 Å². The molecule has 28 heavy (non-hydrogen) atoms. The largest absolute Gasteiger partial charge is 0.460 e. The number of hydrogen-bond donors (Lipinski definition) is 1. The molecule has 4 nitrogen and oxygen atoms in total. The average molecular weight is 384 g/mol. The Bertz CT molecular complexity index is 645. The van der Waals surface area contributed by atoms with Crippen LogP contribution in [0.5, 0.6) is 0 Å². The summed E-state index contributed by atoms with van der Waals surface area (Å²) in [6, 6.07) is 19.7. The minimum atomic E-state index is -0.539. The van der Waals surface area contributed by atoms with E-state index < -0.39 is 6.04 Å². The molecule has 0 amide bonds. The molecule has 0 saturated heterocycles. The fourth-order valence-corrected chi connectivity index (χ4v) is 2.98. The summed E-state index contributed by atoms with van der Waals surface area (Å²) >= 11 is 0. The molecule has 0 aliphatic heterocycles. The van der Waals surface area contributed by atoms with E-state index in [1.165, 1.54) is 5.56 Å². The summed E-state index contributed by atoms with van der Waals surface area (Å²) in [6.45, 7) is 1.88. The monoisotopic (exact) mass is 383 g/mol. The van der Waals surface area contributed by atoms with E-state index in [1.54, 1.807) is 0 Å². The Morgan fingerprint density at radius 2 is 1.39 bits per heavy atom. The number of aryl methyl sites for hydroxylation is 1. The molecule has 0 aliphatic carbocycles. The van der Waals surface area contributed by atoms with Gasteiger partial charge in [0.15, 0.2) is 0 Å². The van der Waals surface area contributed by atoms with Gasteiger partial charge in [-0.1, -0.05) is 73.5 Å². The molecule has 1 unspecified atom stereocenters. The van der Waals surface area contributed by atoms with Gasteiger partial charge in [-0.15, -0.1) is 0 Å². The van der Waals surface area contributed by atoms with E-state index in [4.69, 9.17) is 15.2 Å². The van der Waals surface area contributed by atoms with Crippen molar-refractivity contribution in [2.45, 2.75) is 57.6 Å². The van der Waals surface area contributed by atoms with Crippen LogP contribution in [0.15, 0.2) is 60.7 Å². The molecule has 2 aromatic carbocycles. The lowest BCUT2D eigenvalue weighted by Gasteiger charge is -2.11. The third-order valence-corrected chi connectivity index (χ3v) is 4.68. The quantitative estimate of drug-likeness (QED) is 0.381. The Kier molecular flexibility index (Phi) is 11.0. The van der Waals surface area contributed by atoms with Crippen molar-refractivity contribution < 1.29 is 14.3 Å². The summed E-state index contributed by atoms with van der Waals surface area (Å²) in [7, 11) is 0. The highest BCUT2D eigenvalue weighted by Gasteiger charge is 2.14. The van der Waals surface area contributed by atoms with E-state index in [-0.39, 0.29) is 12.6 Å². The van der Waals surface area contributed by atoms with Crippen molar-refractivity contribution in [2.24, 2.45) is 5.73 Å². The number of esters is 1. The number of hydrogen-bond acceptors (Lipinski definition) is 4. The fraction of sp³-hybridized carbons (Fsp3) is 0.458. The molecule has 2 rings (SSSR count). The molecule has 0 bridgehead atoms. The van der Waals surface area contributed by atoms with Gasteiger partial charge in [0.1, 0.15) is 12.6 Å². The van der Waals surface area contributed by atoms with Gasteiger partial charge < -0.3 is 15.2 Å². The molecule has 152 valence electrons. The van der Waals surface area contributed by atoms with Crippen molar-refractivity contribution in [3.8, 4) is 0 Å². The van der Waals surface area contributed by atoms with Gasteiger partial charge in [-0.2, -0.15) is 0 Å². The Morgan fingerprint density at radius 1 is 0.786 bits per heavy atom. The molecule has 0 spiro atoms. The van der Waals surface area contributed by atoms with Crippen molar-refractivity contribution in [1.82, 2.24) is 0 Å². The summed E-state index contributed by atoms with van der Waals surface area (Å²) in [5, 5.41) is 0. The smallest absolute Gasteiger partial charge is 0.323 e. The minimum Gasteiger partial charge on any atom is -0.460 e. The Hall–Kier alpha value is -2.17. The van der Waals surface area contributed by atoms with E-state index in [2.05, 4.69) is 24.3 Å². The molecule has 0 aromatic heterocycles. The predicted octanol–water partition coefficient (Wildman–Crippen LogP) is 4.66. The lowest BCUT2D eigenvalue weighted by Crippen LogP contribution is -2.32. The molecular formula is C24H33NO3. The van der Waals surface area contributed by atoms with Crippen molar-refractivity contribution in [3.63, 3.8) is 0 Å². The zero-order valence-corrected chi connectivity index (χ0v) is 16.7. The van der Waals surface area contributed by atoms with E-state index in [9.17, 15) is 4.79 Å². The van der Waals surface area contributed by atoms with Crippen LogP contribution in [0.4, 0.5) is 0 Å². The maximum atomic E-state index is 11.9. The highest BCUT2D eigenvalue weighted by atomic mass is 16.5. The van der Waals surface area contributed by atoms with E-state index in [1.807, 2.05) is 36.4 Å². The molecule has 0 fully saturated rings. The van der Waals surface area contributed by atoms with Gasteiger partial charge in [0, 0.05) is 13.2 Å². The normalized spacial score (nSPS) is 11.9. The van der Waals surface area contributed by atoms with Gasteiger partial charge in [-0.25, -0.2) is 0 Å². The first-order chi connectivity index (χ1) is 13.8. The second-order valence-corrected chi connectivity index (χ2v) is 7.10. The molecule has 0 heterocycles. The minimum absolute atomic E-state index is 0.283. The topological polar surface area (TPSA) is 61.5 Å². The first kappa shape index (κ1) is 22.1. The van der Waals surface area contributed by atoms with Gasteiger partial charge >= 0.3 is 5.97 Å². The summed E-state index contributed by atoms with van der Waals surface area (Å²) in [5.74, 6) is -0.321. The first-order valence-corrected chi connectivity index (χ1v) is 10.3. The SMILES string of the molecule is NC(CCCCCOCCCCc1ccccc1)C(=O)OCc1ccccc1. The van der Waals surface area contributed by atoms with Gasteiger partial charge in [0.05, 0.1) is 0 Å². The molecule has 4 heteroatoms. The second-order valence-electron chi connectivity index (χ2n) is 7.10. The molecule has 0 radical (unpaired) electrons. The maximum Gasteiger partial charge on any atom is 0.323 e. The fourth-order valence-electron chi connectivity index (χ4n) is 2.98. The molecule has 0 aliphatic rings. The Morgan fingerprint density at radius 3 is 2.07 bits per heavy atom. The molecule has 0 saturated carbocycles. The van der Waals surface area contributed by atoms with E-state index in [0.29, 0.717) is 6.42 Å². The van der Waals surface area contributed by atoms with Crippen LogP contribution in [0.2, 0.25) is 0 Å². The van der Waals surface area contributed by atoms with Crippen LogP contribution < -0.4 is 5.73 Å². The Balaban J connectivity index is 1.39. The van der Waals surface area contributed by atoms with Crippen LogP contribution in [0.25, 0.3) is 0 Å². The third-order valence-electron chi connectivity index (χ3n) is 4.68. The van der Waals surface area contributed by atoms with Crippen molar-refractivity contribution in [3.05, 3.63) is 71.8 Å². The molecule has 2 aromatic rings. The first-order valence-electron chi connectivity index (χ1n) is 10.3. The number of nitrogens with two attached hydrogens (primary N) is 1. The third kappa shape index (κ3) is 9.67. The van der Waals surface area contributed by atoms with Crippen LogP contribution in [0, 0.1) is 0 Å². The number of carbonyl (C=O) groups excluding carboxylic acids is 1. The zero-order valence-electron chi connectivity index (χ0n) is 16.7. The number of rotatable bonds is 14. The summed E-state index contributed by atoms with van der Waals surface area (Å²) < 4.78 is 11.0. The highest BCUT2D eigenvalue weighted by molar-refractivity contribution is 5.75. The van der Waals surface area contributed by atoms with Crippen molar-refractivity contribution in [2.75, 3.05) is 13.2 Å². The van der Waals surface area contributed by atoms with E-state index in [0.717, 1.165) is 57.3 Å². The number of carbonyl (C=O) groups is 1. The lowest BCUT2D eigenvalue weighted by molar-refractivity contribution is -0.146. The van der Waals surface area contributed by atoms with Crippen LogP contribution in [-0.2, 0) is 27.3 Å². The average Bonchev–Trinajstić information content (AvgIpc) is 2.74. The zero-order chi connectivity index (χ0) is 19.9. The number of unbranched alkanes of at least 4 members (excludes halogenated alkanes) is 3. The predicted molar refractivity (Wildman–Crippen MR) is 113 cm³/mol. The molecular weight excluding hydrogens is 350 g/mol. The maximum absolute atomic E-state index is 11.9. The van der Waals surface area contributed by atoms with Crippen LogP contribution in [0.3, 0.4) is 0 Å². The highest BCUT2D eigenvalue weighted by Crippen LogP contribution is 2.07. The second kappa shape index (κ2) is 13.9. The summed E-state index contributed by atoms with van der Waals surface area (Å²) in [6.07, 6.45) is 6.96. The number of ether oxygens (including phenoxy) is 2. The van der Waals surface area contributed by atoms with Crippen LogP contribution >= 0.6 is 0 Å². The van der Waals surface area contributed by atoms with Crippen molar-refractivity contribution in [1.29, 1.82) is 0 Å². The van der Waals surface area contributed by atoms with Gasteiger partial charge in [-0.3, -0.25) is 4.79 Å². The molecule has 2 N–H and O–H groups in total. The van der Waals surface area contributed by atoms with Gasteiger partial charge in [-0.05, 0) is 43.2 Å². The number of benzene rings is 2. The van der Waals surface area contributed by atoms with Gasteiger partial charge in [0.25, 0.3) is 0 Å². The van der Waals surface area contributed by atoms with Crippen molar-refractivity contribution >= 4 is 5.97 Å². The lowest BCUT2D eigenvalue weighted by atomic mass is 10.1. The van der Waals surface area contributed by atoms with Crippen LogP contribution in [0.1, 0.15) is 49.7 Å². The standard InChI is InChI=1S/C24H33NO3/c25-23(24(26)28-20-22-15-6-2-7-16-22)17-8-3-10-18-27-19-11-9-14-21-12-4-1-5-13-21/h1-2,4-7,12-13,15-16,23H,3,8-11,14,17-20,25H2. The Labute approximate surface area is 169 Å². The molecule has 1 atom stereocenters. The summed E-state index contributed by atoms with van der Waals surface area (Å²) in [4.78, 5) is 11.9. The van der Waals surface area contributed by atoms with Crippen LogP contribution in [-0.4, -0.2) is 25.2 Å².